The number of hydrogen-bond donors (Lipinski definition) is 3. The van der Waals surface area contributed by atoms with Crippen molar-refractivity contribution in [3.05, 3.63) is 0 Å². The first kappa shape index (κ1) is 30.0. The zero-order chi connectivity index (χ0) is 28.2. The standard InChI is InChI=1S/C27H48N6O5/c1-17(2)29-25(36)33-16-20(38-26(37)31-13-9-8-10-14-31)21-19(33)12-11-15-32(21)24(35)22(27(4,5)6)30-23(34)18(3)28-7/h17-22,28H,8-16H2,1-7H3,(H,29,36)(H,30,34)/t18-,19?,20-,21-,22+/m0/s1. The van der Waals surface area contributed by atoms with Crippen LogP contribution in [0.25, 0.3) is 0 Å². The molecule has 0 radical (unpaired) electrons. The van der Waals surface area contributed by atoms with Crippen molar-refractivity contribution < 1.29 is 23.9 Å². The second-order valence-electron chi connectivity index (χ2n) is 12.3. The number of rotatable bonds is 6. The number of carbonyl (C=O) groups excluding carboxylic acids is 4. The Kier molecular flexibility index (Phi) is 9.89. The zero-order valence-electron chi connectivity index (χ0n) is 24.2. The summed E-state index contributed by atoms with van der Waals surface area (Å²) in [6.45, 7) is 13.3. The van der Waals surface area contributed by atoms with Crippen LogP contribution >= 0.6 is 0 Å². The topological polar surface area (TPSA) is 123 Å². The molecule has 38 heavy (non-hydrogen) atoms. The molecule has 0 aromatic carbocycles. The molecule has 0 saturated carbocycles. The number of ether oxygens (including phenoxy) is 1. The van der Waals surface area contributed by atoms with Gasteiger partial charge in [0.25, 0.3) is 0 Å². The van der Waals surface area contributed by atoms with Crippen LogP contribution in [0.3, 0.4) is 0 Å². The average molecular weight is 537 g/mol. The second-order valence-corrected chi connectivity index (χ2v) is 12.3. The summed E-state index contributed by atoms with van der Waals surface area (Å²) in [6.07, 6.45) is 3.36. The number of urea groups is 1. The molecule has 1 unspecified atom stereocenters. The van der Waals surface area contributed by atoms with Gasteiger partial charge in [0.05, 0.1) is 24.7 Å². The number of nitrogens with one attached hydrogen (secondary N) is 3. The quantitative estimate of drug-likeness (QED) is 0.477. The number of nitrogens with zero attached hydrogens (tertiary/aromatic N) is 3. The molecule has 5 atom stereocenters. The summed E-state index contributed by atoms with van der Waals surface area (Å²) in [5.74, 6) is -0.472. The third-order valence-electron chi connectivity index (χ3n) is 7.86. The predicted molar refractivity (Wildman–Crippen MR) is 144 cm³/mol. The summed E-state index contributed by atoms with van der Waals surface area (Å²) in [6, 6.07) is -2.26. The maximum absolute atomic E-state index is 14.1. The summed E-state index contributed by atoms with van der Waals surface area (Å²) in [4.78, 5) is 58.4. The van der Waals surface area contributed by atoms with Gasteiger partial charge < -0.3 is 35.4 Å². The van der Waals surface area contributed by atoms with Crippen LogP contribution in [0, 0.1) is 5.41 Å². The minimum absolute atomic E-state index is 0.0492. The first-order valence-corrected chi connectivity index (χ1v) is 14.2. The van der Waals surface area contributed by atoms with E-state index in [9.17, 15) is 19.2 Å². The van der Waals surface area contributed by atoms with Gasteiger partial charge in [0, 0.05) is 25.7 Å². The highest BCUT2D eigenvalue weighted by atomic mass is 16.6. The van der Waals surface area contributed by atoms with E-state index in [-0.39, 0.29) is 42.6 Å². The largest absolute Gasteiger partial charge is 0.442 e. The number of fused-ring (bicyclic) bond motifs is 1. The third kappa shape index (κ3) is 6.90. The number of piperidine rings is 2. The van der Waals surface area contributed by atoms with Crippen LogP contribution in [0.4, 0.5) is 9.59 Å². The van der Waals surface area contributed by atoms with Crippen LogP contribution in [0.2, 0.25) is 0 Å². The van der Waals surface area contributed by atoms with Crippen molar-refractivity contribution >= 4 is 23.9 Å². The molecule has 0 aromatic rings. The van der Waals surface area contributed by atoms with E-state index in [1.807, 2.05) is 34.6 Å². The lowest BCUT2D eigenvalue weighted by Gasteiger charge is -2.44. The number of carbonyl (C=O) groups is 4. The lowest BCUT2D eigenvalue weighted by atomic mass is 9.84. The molecule has 0 spiro atoms. The van der Waals surface area contributed by atoms with Crippen molar-refractivity contribution in [2.45, 2.75) is 110 Å². The summed E-state index contributed by atoms with van der Waals surface area (Å²) in [5, 5.41) is 8.83. The van der Waals surface area contributed by atoms with Gasteiger partial charge in [-0.15, -0.1) is 0 Å². The average Bonchev–Trinajstić information content (AvgIpc) is 3.24. The maximum atomic E-state index is 14.1. The molecule has 3 fully saturated rings. The van der Waals surface area contributed by atoms with Gasteiger partial charge in [-0.25, -0.2) is 9.59 Å². The Labute approximate surface area is 227 Å². The monoisotopic (exact) mass is 536 g/mol. The molecule has 3 aliphatic rings. The van der Waals surface area contributed by atoms with E-state index in [1.165, 1.54) is 0 Å². The molecular weight excluding hydrogens is 488 g/mol. The Hall–Kier alpha value is -2.56. The van der Waals surface area contributed by atoms with Crippen molar-refractivity contribution in [1.82, 2.24) is 30.7 Å². The van der Waals surface area contributed by atoms with E-state index in [1.54, 1.807) is 28.7 Å². The van der Waals surface area contributed by atoms with E-state index in [2.05, 4.69) is 16.0 Å². The molecule has 216 valence electrons. The molecule has 11 nitrogen and oxygen atoms in total. The highest BCUT2D eigenvalue weighted by molar-refractivity contribution is 5.90. The third-order valence-corrected chi connectivity index (χ3v) is 7.86. The van der Waals surface area contributed by atoms with Crippen molar-refractivity contribution in [2.75, 3.05) is 33.2 Å². The minimum atomic E-state index is -0.776. The van der Waals surface area contributed by atoms with E-state index < -0.39 is 29.6 Å². The Morgan fingerprint density at radius 2 is 1.55 bits per heavy atom. The van der Waals surface area contributed by atoms with Crippen LogP contribution in [-0.4, -0.2) is 108 Å². The minimum Gasteiger partial charge on any atom is -0.442 e. The van der Waals surface area contributed by atoms with Gasteiger partial charge in [0.15, 0.2) is 0 Å². The fraction of sp³-hybridized carbons (Fsp3) is 0.852. The molecule has 3 heterocycles. The van der Waals surface area contributed by atoms with Crippen molar-refractivity contribution in [1.29, 1.82) is 0 Å². The number of amides is 5. The van der Waals surface area contributed by atoms with Crippen LogP contribution in [0.5, 0.6) is 0 Å². The van der Waals surface area contributed by atoms with Crippen molar-refractivity contribution in [2.24, 2.45) is 5.41 Å². The van der Waals surface area contributed by atoms with Gasteiger partial charge in [0.2, 0.25) is 11.8 Å². The molecule has 5 amide bonds. The van der Waals surface area contributed by atoms with Crippen LogP contribution < -0.4 is 16.0 Å². The van der Waals surface area contributed by atoms with E-state index in [0.29, 0.717) is 32.5 Å². The van der Waals surface area contributed by atoms with E-state index in [0.717, 1.165) is 19.3 Å². The number of hydrogen-bond acceptors (Lipinski definition) is 6. The summed E-state index contributed by atoms with van der Waals surface area (Å²) < 4.78 is 6.06. The van der Waals surface area contributed by atoms with Gasteiger partial charge in [-0.2, -0.15) is 0 Å². The van der Waals surface area contributed by atoms with Crippen LogP contribution in [0.1, 0.15) is 73.6 Å². The van der Waals surface area contributed by atoms with Gasteiger partial charge >= 0.3 is 12.1 Å². The Bertz CT molecular complexity index is 869. The molecule has 0 bridgehead atoms. The number of likely N-dealkylation sites (tertiary alicyclic amines) is 3. The van der Waals surface area contributed by atoms with Gasteiger partial charge in [-0.3, -0.25) is 9.59 Å². The SMILES string of the molecule is CN[C@@H](C)C(=O)N[C@H](C(=O)N1CCCC2[C@H]1[C@@H](OC(=O)N1CCCCC1)CN2C(=O)NC(C)C)C(C)(C)C. The molecule has 0 aromatic heterocycles. The molecule has 3 N–H and O–H groups in total. The van der Waals surface area contributed by atoms with E-state index in [4.69, 9.17) is 4.74 Å². The highest BCUT2D eigenvalue weighted by Crippen LogP contribution is 2.35. The first-order chi connectivity index (χ1) is 17.8. The fourth-order valence-corrected chi connectivity index (χ4v) is 5.65. The molecule has 3 rings (SSSR count). The molecular formula is C27H48N6O5. The lowest BCUT2D eigenvalue weighted by Crippen LogP contribution is -2.63. The molecule has 3 aliphatic heterocycles. The smallest absolute Gasteiger partial charge is 0.410 e. The summed E-state index contributed by atoms with van der Waals surface area (Å²) in [5.41, 5.74) is -0.555. The lowest BCUT2D eigenvalue weighted by molar-refractivity contribution is -0.145. The predicted octanol–water partition coefficient (Wildman–Crippen LogP) is 1.91. The molecule has 11 heteroatoms. The second kappa shape index (κ2) is 12.5. The van der Waals surface area contributed by atoms with Crippen LogP contribution in [0.15, 0.2) is 0 Å². The Balaban J connectivity index is 1.90. The summed E-state index contributed by atoms with van der Waals surface area (Å²) >= 11 is 0. The fourth-order valence-electron chi connectivity index (χ4n) is 5.65. The van der Waals surface area contributed by atoms with Crippen molar-refractivity contribution in [3.8, 4) is 0 Å². The van der Waals surface area contributed by atoms with Gasteiger partial charge in [-0.1, -0.05) is 20.8 Å². The normalized spacial score (nSPS) is 25.5. The number of likely N-dealkylation sites (N-methyl/N-ethyl adjacent to an activating group) is 1. The molecule has 3 saturated heterocycles. The van der Waals surface area contributed by atoms with Gasteiger partial charge in [-0.05, 0) is 65.3 Å². The first-order valence-electron chi connectivity index (χ1n) is 14.2. The zero-order valence-corrected chi connectivity index (χ0v) is 24.2. The summed E-state index contributed by atoms with van der Waals surface area (Å²) in [7, 11) is 1.70. The highest BCUT2D eigenvalue weighted by Gasteiger charge is 2.53. The Morgan fingerprint density at radius 1 is 0.895 bits per heavy atom. The van der Waals surface area contributed by atoms with Crippen LogP contribution in [-0.2, 0) is 14.3 Å². The van der Waals surface area contributed by atoms with E-state index >= 15 is 0 Å². The van der Waals surface area contributed by atoms with Crippen molar-refractivity contribution in [3.63, 3.8) is 0 Å². The van der Waals surface area contributed by atoms with Gasteiger partial charge in [0.1, 0.15) is 12.1 Å². The maximum Gasteiger partial charge on any atom is 0.410 e. The Morgan fingerprint density at radius 3 is 2.13 bits per heavy atom. The molecule has 0 aliphatic carbocycles.